The zero-order valence-electron chi connectivity index (χ0n) is 13.8. The molecule has 2 heterocycles. The van der Waals surface area contributed by atoms with Gasteiger partial charge in [0.2, 0.25) is 0 Å². The van der Waals surface area contributed by atoms with Crippen LogP contribution in [0.1, 0.15) is 25.0 Å². The van der Waals surface area contributed by atoms with Gasteiger partial charge < -0.3 is 0 Å². The summed E-state index contributed by atoms with van der Waals surface area (Å²) >= 11 is 0. The molecule has 3 rings (SSSR count). The van der Waals surface area contributed by atoms with Crippen molar-refractivity contribution >= 4 is 35.0 Å². The minimum atomic E-state index is -0.430. The molecule has 0 radical (unpaired) electrons. The molecule has 0 atom stereocenters. The first kappa shape index (κ1) is 15.9. The minimum absolute atomic E-state index is 0.348. The molecule has 24 heavy (non-hydrogen) atoms. The maximum atomic E-state index is 12.3. The molecule has 122 valence electrons. The molecule has 2 aliphatic heterocycles. The summed E-state index contributed by atoms with van der Waals surface area (Å²) in [4.78, 5) is 50.8. The number of anilines is 2. The van der Waals surface area contributed by atoms with Crippen LogP contribution in [0, 0.1) is 13.8 Å². The summed E-state index contributed by atoms with van der Waals surface area (Å²) in [6.45, 7) is 6.74. The SMILES string of the molecule is CC1=CC(=O)N(c2cc(C)c(C)c(N3C(=O)C=C(C)C3=O)c2)C1=O. The lowest BCUT2D eigenvalue weighted by atomic mass is 10.0. The number of imide groups is 2. The highest BCUT2D eigenvalue weighted by Gasteiger charge is 2.34. The van der Waals surface area contributed by atoms with E-state index in [0.717, 1.165) is 20.9 Å². The largest absolute Gasteiger partial charge is 0.269 e. The van der Waals surface area contributed by atoms with E-state index < -0.39 is 23.6 Å². The zero-order chi connectivity index (χ0) is 17.8. The molecule has 0 N–H and O–H groups in total. The van der Waals surface area contributed by atoms with E-state index in [-0.39, 0.29) is 0 Å². The summed E-state index contributed by atoms with van der Waals surface area (Å²) in [5, 5.41) is 0. The Morgan fingerprint density at radius 1 is 0.708 bits per heavy atom. The Balaban J connectivity index is 2.12. The van der Waals surface area contributed by atoms with Gasteiger partial charge in [-0.15, -0.1) is 0 Å². The van der Waals surface area contributed by atoms with Crippen molar-refractivity contribution in [3.8, 4) is 0 Å². The summed E-state index contributed by atoms with van der Waals surface area (Å²) in [7, 11) is 0. The summed E-state index contributed by atoms with van der Waals surface area (Å²) < 4.78 is 0. The Morgan fingerprint density at radius 3 is 1.67 bits per heavy atom. The van der Waals surface area contributed by atoms with Crippen LogP contribution in [0.5, 0.6) is 0 Å². The maximum absolute atomic E-state index is 12.3. The van der Waals surface area contributed by atoms with Crippen molar-refractivity contribution in [2.24, 2.45) is 0 Å². The number of aryl methyl sites for hydroxylation is 1. The van der Waals surface area contributed by atoms with Crippen LogP contribution in [0.15, 0.2) is 35.4 Å². The second-order valence-electron chi connectivity index (χ2n) is 6.02. The van der Waals surface area contributed by atoms with Gasteiger partial charge in [0.25, 0.3) is 23.6 Å². The van der Waals surface area contributed by atoms with Gasteiger partial charge in [-0.1, -0.05) is 0 Å². The molecular formula is C18H16N2O4. The molecule has 4 amide bonds. The smallest absolute Gasteiger partial charge is 0.261 e. The van der Waals surface area contributed by atoms with Crippen molar-refractivity contribution in [3.05, 3.63) is 46.6 Å². The first-order chi connectivity index (χ1) is 11.2. The number of amides is 4. The van der Waals surface area contributed by atoms with Crippen molar-refractivity contribution < 1.29 is 19.2 Å². The monoisotopic (exact) mass is 324 g/mol. The average molecular weight is 324 g/mol. The van der Waals surface area contributed by atoms with E-state index in [0.29, 0.717) is 22.5 Å². The van der Waals surface area contributed by atoms with Crippen LogP contribution < -0.4 is 9.80 Å². The normalized spacial score (nSPS) is 17.8. The quantitative estimate of drug-likeness (QED) is 0.779. The molecular weight excluding hydrogens is 308 g/mol. The second-order valence-corrected chi connectivity index (χ2v) is 6.02. The van der Waals surface area contributed by atoms with Crippen molar-refractivity contribution in [1.29, 1.82) is 0 Å². The van der Waals surface area contributed by atoms with E-state index in [1.807, 2.05) is 0 Å². The molecule has 1 aromatic rings. The maximum Gasteiger partial charge on any atom is 0.261 e. The lowest BCUT2D eigenvalue weighted by molar-refractivity contribution is -0.121. The van der Waals surface area contributed by atoms with Crippen LogP contribution in [-0.2, 0) is 19.2 Å². The number of carbonyl (C=O) groups is 4. The van der Waals surface area contributed by atoms with Crippen molar-refractivity contribution in [2.75, 3.05) is 9.80 Å². The van der Waals surface area contributed by atoms with Gasteiger partial charge >= 0.3 is 0 Å². The molecule has 0 fully saturated rings. The third-order valence-corrected chi connectivity index (χ3v) is 4.33. The molecule has 0 bridgehead atoms. The van der Waals surface area contributed by atoms with Crippen molar-refractivity contribution in [3.63, 3.8) is 0 Å². The Morgan fingerprint density at radius 2 is 1.21 bits per heavy atom. The van der Waals surface area contributed by atoms with Crippen LogP contribution in [0.25, 0.3) is 0 Å². The summed E-state index contributed by atoms with van der Waals surface area (Å²) in [5.74, 6) is -1.65. The fourth-order valence-corrected chi connectivity index (χ4v) is 2.83. The fraction of sp³-hybridized carbons (Fsp3) is 0.222. The van der Waals surface area contributed by atoms with Gasteiger partial charge in [0.05, 0.1) is 11.4 Å². The number of hydrogen-bond acceptors (Lipinski definition) is 4. The van der Waals surface area contributed by atoms with Crippen molar-refractivity contribution in [2.45, 2.75) is 27.7 Å². The summed E-state index contributed by atoms with van der Waals surface area (Å²) in [5.41, 5.74) is 2.96. The Bertz CT molecular complexity index is 893. The number of nitrogens with zero attached hydrogens (tertiary/aromatic N) is 2. The summed E-state index contributed by atoms with van der Waals surface area (Å²) in [6, 6.07) is 3.24. The molecule has 0 saturated heterocycles. The van der Waals surface area contributed by atoms with E-state index in [1.165, 1.54) is 18.2 Å². The number of benzene rings is 1. The first-order valence-corrected chi connectivity index (χ1v) is 7.47. The summed E-state index contributed by atoms with van der Waals surface area (Å²) in [6.07, 6.45) is 2.55. The van der Waals surface area contributed by atoms with Gasteiger partial charge in [-0.05, 0) is 51.0 Å². The molecule has 0 saturated carbocycles. The van der Waals surface area contributed by atoms with E-state index in [9.17, 15) is 19.2 Å². The number of hydrogen-bond donors (Lipinski definition) is 0. The highest BCUT2D eigenvalue weighted by Crippen LogP contribution is 2.34. The van der Waals surface area contributed by atoms with Gasteiger partial charge in [0, 0.05) is 23.3 Å². The zero-order valence-corrected chi connectivity index (χ0v) is 13.8. The van der Waals surface area contributed by atoms with Crippen LogP contribution >= 0.6 is 0 Å². The highest BCUT2D eigenvalue weighted by molar-refractivity contribution is 6.32. The Labute approximate surface area is 139 Å². The second kappa shape index (κ2) is 5.26. The van der Waals surface area contributed by atoms with Crippen LogP contribution in [0.4, 0.5) is 11.4 Å². The van der Waals surface area contributed by atoms with Crippen LogP contribution in [-0.4, -0.2) is 23.6 Å². The Kier molecular flexibility index (Phi) is 3.48. The fourth-order valence-electron chi connectivity index (χ4n) is 2.83. The lowest BCUT2D eigenvalue weighted by Crippen LogP contribution is -2.33. The van der Waals surface area contributed by atoms with Crippen LogP contribution in [0.2, 0.25) is 0 Å². The average Bonchev–Trinajstić information content (AvgIpc) is 2.90. The Hall–Kier alpha value is -3.02. The molecule has 1 aromatic carbocycles. The van der Waals surface area contributed by atoms with Gasteiger partial charge in [-0.25, -0.2) is 9.80 Å². The molecule has 0 spiro atoms. The first-order valence-electron chi connectivity index (χ1n) is 7.47. The van der Waals surface area contributed by atoms with Crippen molar-refractivity contribution in [1.82, 2.24) is 0 Å². The van der Waals surface area contributed by atoms with Gasteiger partial charge in [-0.3, -0.25) is 19.2 Å². The third-order valence-electron chi connectivity index (χ3n) is 4.33. The molecule has 2 aliphatic rings. The molecule has 6 nitrogen and oxygen atoms in total. The van der Waals surface area contributed by atoms with Gasteiger partial charge in [-0.2, -0.15) is 0 Å². The standard InChI is InChI=1S/C18H16N2O4/c1-9-5-13(19-15(21)6-10(2)17(19)23)8-14(12(9)4)20-16(22)7-11(3)18(20)24/h5-8H,1-4H3. The predicted octanol–water partition coefficient (Wildman–Crippen LogP) is 1.94. The van der Waals surface area contributed by atoms with E-state index >= 15 is 0 Å². The third kappa shape index (κ3) is 2.19. The molecule has 6 heteroatoms. The topological polar surface area (TPSA) is 74.8 Å². The van der Waals surface area contributed by atoms with E-state index in [1.54, 1.807) is 33.8 Å². The highest BCUT2D eigenvalue weighted by atomic mass is 16.2. The minimum Gasteiger partial charge on any atom is -0.269 e. The molecule has 0 aliphatic carbocycles. The van der Waals surface area contributed by atoms with E-state index in [2.05, 4.69) is 0 Å². The lowest BCUT2D eigenvalue weighted by Gasteiger charge is -2.22. The van der Waals surface area contributed by atoms with E-state index in [4.69, 9.17) is 0 Å². The predicted molar refractivity (Wildman–Crippen MR) is 88.4 cm³/mol. The number of rotatable bonds is 2. The number of carbonyl (C=O) groups excluding carboxylic acids is 4. The van der Waals surface area contributed by atoms with Gasteiger partial charge in [0.1, 0.15) is 0 Å². The molecule has 0 unspecified atom stereocenters. The van der Waals surface area contributed by atoms with Crippen LogP contribution in [0.3, 0.4) is 0 Å². The molecule has 0 aromatic heterocycles. The van der Waals surface area contributed by atoms with Gasteiger partial charge in [0.15, 0.2) is 0 Å².